The molecule has 0 saturated carbocycles. The zero-order chi connectivity index (χ0) is 28.5. The van der Waals surface area contributed by atoms with Gasteiger partial charge in [0.25, 0.3) is 11.8 Å². The van der Waals surface area contributed by atoms with Gasteiger partial charge in [0, 0.05) is 47.7 Å². The average Bonchev–Trinajstić information content (AvgIpc) is 2.84. The third kappa shape index (κ3) is 8.43. The van der Waals surface area contributed by atoms with E-state index in [4.69, 9.17) is 0 Å². The molecule has 0 aromatic carbocycles. The zero-order valence-electron chi connectivity index (χ0n) is 21.3. The van der Waals surface area contributed by atoms with Crippen LogP contribution in [0.25, 0.3) is 0 Å². The molecule has 1 heterocycles. The highest BCUT2D eigenvalue weighted by atomic mass is 32.2. The van der Waals surface area contributed by atoms with Gasteiger partial charge in [-0.05, 0) is 24.5 Å². The molecule has 0 radical (unpaired) electrons. The molecule has 8 nitrogen and oxygen atoms in total. The Labute approximate surface area is 225 Å². The number of amides is 3. The maximum Gasteiger partial charge on any atom is 0.525 e. The fourth-order valence-corrected chi connectivity index (χ4v) is 4.76. The summed E-state index contributed by atoms with van der Waals surface area (Å²) < 4.78 is 65.1. The van der Waals surface area contributed by atoms with E-state index in [1.54, 1.807) is 6.08 Å². The third-order valence-corrected chi connectivity index (χ3v) is 7.62. The highest BCUT2D eigenvalue weighted by molar-refractivity contribution is 8.03. The minimum absolute atomic E-state index is 0.0339. The van der Waals surface area contributed by atoms with E-state index in [0.717, 1.165) is 25.7 Å². The van der Waals surface area contributed by atoms with Crippen LogP contribution in [0.2, 0.25) is 0 Å². The second-order valence-electron chi connectivity index (χ2n) is 8.54. The number of halogens is 3. The lowest BCUT2D eigenvalue weighted by Gasteiger charge is -2.26. The number of allylic oxidation sites excluding steroid dienone is 6. The Bertz CT molecular complexity index is 1160. The Morgan fingerprint density at radius 2 is 1.66 bits per heavy atom. The molecule has 1 aliphatic heterocycles. The van der Waals surface area contributed by atoms with E-state index in [0.29, 0.717) is 29.3 Å². The van der Waals surface area contributed by atoms with Crippen molar-refractivity contribution in [1.82, 2.24) is 9.96 Å². The number of hydroxylamine groups is 2. The van der Waals surface area contributed by atoms with E-state index in [1.807, 2.05) is 4.90 Å². The summed E-state index contributed by atoms with van der Waals surface area (Å²) in [6, 6.07) is 0. The van der Waals surface area contributed by atoms with E-state index in [1.165, 1.54) is 36.1 Å². The molecule has 13 heteroatoms. The van der Waals surface area contributed by atoms with Gasteiger partial charge in [-0.3, -0.25) is 14.4 Å². The van der Waals surface area contributed by atoms with Gasteiger partial charge < -0.3 is 4.90 Å². The predicted octanol–water partition coefficient (Wildman–Crippen LogP) is 4.94. The molecule has 0 spiro atoms. The summed E-state index contributed by atoms with van der Waals surface area (Å²) in [6.07, 6.45) is 10.8. The van der Waals surface area contributed by atoms with Crippen molar-refractivity contribution in [2.45, 2.75) is 57.9 Å². The molecule has 1 aliphatic carbocycles. The number of carbonyl (C=O) groups is 3. The number of fused-ring (bicyclic) bond motifs is 2. The fraction of sp³-hybridized carbons (Fsp3) is 0.480. The minimum atomic E-state index is -6.25. The van der Waals surface area contributed by atoms with Crippen LogP contribution in [0.1, 0.15) is 52.4 Å². The molecular weight excluding hydrogens is 545 g/mol. The first-order valence-electron chi connectivity index (χ1n) is 12.1. The molecule has 2 bridgehead atoms. The second kappa shape index (κ2) is 13.9. The zero-order valence-corrected chi connectivity index (χ0v) is 22.9. The summed E-state index contributed by atoms with van der Waals surface area (Å²) in [5, 5.41) is -0.394. The van der Waals surface area contributed by atoms with Crippen LogP contribution in [0.5, 0.6) is 0 Å². The summed E-state index contributed by atoms with van der Waals surface area (Å²) in [7, 11) is -6.25. The van der Waals surface area contributed by atoms with Gasteiger partial charge in [-0.2, -0.15) is 21.6 Å². The molecule has 1 fully saturated rings. The van der Waals surface area contributed by atoms with Crippen molar-refractivity contribution in [2.75, 3.05) is 18.8 Å². The standard InChI is InChI=1S/C25H31F3N2O6S2/c1-4-6-14-29(15-7-5-2)22(31)13-16-37-21-12-11-20-17-19(10-8-9-18(21)3)23(32)30(24(20)33)36-38(34,35)25(26,27)28/h8-12H,3-7,13-17H2,1-2H3/b9-8-,19-10+,20-11+,21-12?. The number of carbonyl (C=O) groups excluding carboxylic acids is 3. The monoisotopic (exact) mass is 576 g/mol. The summed E-state index contributed by atoms with van der Waals surface area (Å²) in [5.41, 5.74) is -5.61. The number of thioether (sulfide) groups is 1. The smallest absolute Gasteiger partial charge is 0.343 e. The molecule has 2 aliphatic rings. The number of piperidine rings is 1. The van der Waals surface area contributed by atoms with Gasteiger partial charge in [0.05, 0.1) is 0 Å². The lowest BCUT2D eigenvalue weighted by molar-refractivity contribution is -0.170. The second-order valence-corrected chi connectivity index (χ2v) is 11.2. The van der Waals surface area contributed by atoms with Crippen LogP contribution >= 0.6 is 11.8 Å². The van der Waals surface area contributed by atoms with Crippen LogP contribution in [0.3, 0.4) is 0 Å². The van der Waals surface area contributed by atoms with E-state index in [9.17, 15) is 36.0 Å². The largest absolute Gasteiger partial charge is 0.525 e. The highest BCUT2D eigenvalue weighted by Gasteiger charge is 2.51. The third-order valence-electron chi connectivity index (χ3n) is 5.59. The first kappa shape index (κ1) is 31.6. The topological polar surface area (TPSA) is 101 Å². The number of nitrogens with zero attached hydrogens (tertiary/aromatic N) is 2. The number of alkyl halides is 3. The molecule has 0 unspecified atom stereocenters. The number of hydrogen-bond donors (Lipinski definition) is 0. The van der Waals surface area contributed by atoms with Crippen LogP contribution < -0.4 is 0 Å². The quantitative estimate of drug-likeness (QED) is 0.240. The van der Waals surface area contributed by atoms with Crippen molar-refractivity contribution in [1.29, 1.82) is 0 Å². The van der Waals surface area contributed by atoms with Gasteiger partial charge in [-0.25, -0.2) is 0 Å². The van der Waals surface area contributed by atoms with Crippen molar-refractivity contribution < 1.29 is 40.3 Å². The van der Waals surface area contributed by atoms with Gasteiger partial charge in [-0.1, -0.05) is 57.6 Å². The summed E-state index contributed by atoms with van der Waals surface area (Å²) in [5.74, 6) is -2.19. The molecule has 0 atom stereocenters. The lowest BCUT2D eigenvalue weighted by atomic mass is 9.97. The molecule has 210 valence electrons. The van der Waals surface area contributed by atoms with E-state index in [2.05, 4.69) is 24.7 Å². The Balaban J connectivity index is 2.22. The van der Waals surface area contributed by atoms with Crippen molar-refractivity contribution >= 4 is 39.6 Å². The SMILES string of the molecule is C=C1/C=C\C=C2/C/C(=C\C=C1SCCC(=O)N(CCCC)CCCC)C(=O)N(OS(=O)(=O)C(F)(F)F)C2=O. The first-order chi connectivity index (χ1) is 17.8. The van der Waals surface area contributed by atoms with Gasteiger partial charge in [0.1, 0.15) is 0 Å². The van der Waals surface area contributed by atoms with Crippen molar-refractivity contribution in [3.8, 4) is 0 Å². The van der Waals surface area contributed by atoms with Gasteiger partial charge >= 0.3 is 15.6 Å². The summed E-state index contributed by atoms with van der Waals surface area (Å²) in [4.78, 5) is 40.4. The van der Waals surface area contributed by atoms with Crippen LogP contribution in [-0.2, 0) is 28.8 Å². The summed E-state index contributed by atoms with van der Waals surface area (Å²) >= 11 is 1.31. The number of unbranched alkanes of at least 4 members (excludes halogenated alkanes) is 2. The van der Waals surface area contributed by atoms with Crippen molar-refractivity contribution in [3.05, 3.63) is 58.6 Å². The number of hydrogen-bond acceptors (Lipinski definition) is 7. The van der Waals surface area contributed by atoms with E-state index >= 15 is 0 Å². The molecule has 3 amide bonds. The van der Waals surface area contributed by atoms with E-state index < -0.39 is 32.5 Å². The molecule has 0 aromatic heterocycles. The van der Waals surface area contributed by atoms with Crippen LogP contribution in [0.15, 0.2) is 58.6 Å². The maximum atomic E-state index is 12.8. The van der Waals surface area contributed by atoms with E-state index in [-0.39, 0.29) is 29.9 Å². The molecule has 0 N–H and O–H groups in total. The summed E-state index contributed by atoms with van der Waals surface area (Å²) in [6.45, 7) is 9.48. The molecule has 1 saturated heterocycles. The highest BCUT2D eigenvalue weighted by Crippen LogP contribution is 2.32. The molecule has 2 rings (SSSR count). The normalized spacial score (nSPS) is 20.3. The van der Waals surface area contributed by atoms with Gasteiger partial charge in [-0.15, -0.1) is 21.1 Å². The van der Waals surface area contributed by atoms with Crippen LogP contribution in [0, 0.1) is 0 Å². The van der Waals surface area contributed by atoms with Crippen LogP contribution in [-0.4, -0.2) is 60.5 Å². The first-order valence-corrected chi connectivity index (χ1v) is 14.5. The molecular formula is C25H31F3N2O6S2. The van der Waals surface area contributed by atoms with Gasteiger partial charge in [0.2, 0.25) is 5.91 Å². The van der Waals surface area contributed by atoms with Gasteiger partial charge in [0.15, 0.2) is 0 Å². The van der Waals surface area contributed by atoms with Crippen LogP contribution in [0.4, 0.5) is 13.2 Å². The Hall–Kier alpha value is -2.64. The lowest BCUT2D eigenvalue weighted by Crippen LogP contribution is -2.46. The Kier molecular flexibility index (Phi) is 11.6. The predicted molar refractivity (Wildman–Crippen MR) is 139 cm³/mol. The maximum absolute atomic E-state index is 12.8. The molecule has 0 aromatic rings. The fourth-order valence-electron chi connectivity index (χ4n) is 3.43. The number of rotatable bonds is 12. The Morgan fingerprint density at radius 3 is 2.21 bits per heavy atom. The van der Waals surface area contributed by atoms with Crippen molar-refractivity contribution in [2.24, 2.45) is 0 Å². The molecule has 38 heavy (non-hydrogen) atoms. The number of imide groups is 1. The Morgan fingerprint density at radius 1 is 1.08 bits per heavy atom. The average molecular weight is 577 g/mol. The minimum Gasteiger partial charge on any atom is -0.343 e. The van der Waals surface area contributed by atoms with Crippen molar-refractivity contribution in [3.63, 3.8) is 0 Å².